The summed E-state index contributed by atoms with van der Waals surface area (Å²) in [4.78, 5) is 14.5. The van der Waals surface area contributed by atoms with Crippen molar-refractivity contribution in [2.75, 3.05) is 36.0 Å². The van der Waals surface area contributed by atoms with Gasteiger partial charge in [0.15, 0.2) is 0 Å². The van der Waals surface area contributed by atoms with E-state index in [-0.39, 0.29) is 31.1 Å². The number of alkyl halides is 3. The number of ether oxygens (including phenoxy) is 1. The Morgan fingerprint density at radius 1 is 1.21 bits per heavy atom. The molecule has 1 aromatic rings. The number of hydrogen-bond donors (Lipinski definition) is 1. The first-order chi connectivity index (χ1) is 11.3. The number of hydrogen-bond acceptors (Lipinski definition) is 7. The van der Waals surface area contributed by atoms with Crippen LogP contribution in [-0.2, 0) is 9.53 Å². The van der Waals surface area contributed by atoms with Crippen LogP contribution in [0.2, 0.25) is 0 Å². The van der Waals surface area contributed by atoms with Crippen molar-refractivity contribution < 1.29 is 27.1 Å². The average Bonchev–Trinajstić information content (AvgIpc) is 2.91. The lowest BCUT2D eigenvalue weighted by atomic mass is 10.1. The summed E-state index contributed by atoms with van der Waals surface area (Å²) in [5.74, 6) is -0.0538. The van der Waals surface area contributed by atoms with Crippen LogP contribution in [-0.4, -0.2) is 60.8 Å². The third-order valence-corrected chi connectivity index (χ3v) is 4.00. The molecule has 0 atom stereocenters. The van der Waals surface area contributed by atoms with Gasteiger partial charge in [-0.05, 0) is 12.8 Å². The Hall–Kier alpha value is -2.04. The molecule has 2 fully saturated rings. The molecule has 0 aromatic carbocycles. The van der Waals surface area contributed by atoms with Crippen molar-refractivity contribution in [3.8, 4) is 0 Å². The fraction of sp³-hybridized carbons (Fsp3) is 0.769. The van der Waals surface area contributed by atoms with Crippen molar-refractivity contribution in [2.24, 2.45) is 0 Å². The Morgan fingerprint density at radius 3 is 2.33 bits per heavy atom. The number of anilines is 2. The van der Waals surface area contributed by atoms with Gasteiger partial charge in [-0.3, -0.25) is 9.53 Å². The zero-order valence-electron chi connectivity index (χ0n) is 13.0. The van der Waals surface area contributed by atoms with Crippen molar-refractivity contribution in [2.45, 2.75) is 38.3 Å². The fourth-order valence-corrected chi connectivity index (χ4v) is 2.82. The first-order valence-electron chi connectivity index (χ1n) is 7.65. The fourth-order valence-electron chi connectivity index (χ4n) is 2.82. The normalized spacial score (nSPS) is 20.2. The van der Waals surface area contributed by atoms with Gasteiger partial charge in [0.1, 0.15) is 6.10 Å². The molecule has 11 heteroatoms. The number of carbonyl (C=O) groups is 1. The number of halogens is 3. The quantitative estimate of drug-likeness (QED) is 0.865. The molecule has 0 unspecified atom stereocenters. The van der Waals surface area contributed by atoms with E-state index in [1.807, 2.05) is 4.90 Å². The molecule has 0 aliphatic carbocycles. The Kier molecular flexibility index (Phi) is 4.52. The van der Waals surface area contributed by atoms with Gasteiger partial charge in [-0.15, -0.1) is 13.2 Å². The molecule has 0 radical (unpaired) electrons. The van der Waals surface area contributed by atoms with Crippen LogP contribution in [0.3, 0.4) is 0 Å². The van der Waals surface area contributed by atoms with Gasteiger partial charge in [-0.1, -0.05) is 10.2 Å². The topological polar surface area (TPSA) is 83.7 Å². The Bertz CT molecular complexity index is 580. The molecule has 2 aliphatic rings. The predicted octanol–water partition coefficient (Wildman–Crippen LogP) is 0.899. The molecule has 2 aliphatic heterocycles. The summed E-state index contributed by atoms with van der Waals surface area (Å²) in [6, 6.07) is 0.666. The summed E-state index contributed by atoms with van der Waals surface area (Å²) in [6.45, 7) is 2.93. The molecule has 2 saturated heterocycles. The summed E-state index contributed by atoms with van der Waals surface area (Å²) in [5.41, 5.74) is 0. The molecular formula is C13H18F3N5O3. The van der Waals surface area contributed by atoms with Crippen molar-refractivity contribution in [3.05, 3.63) is 0 Å². The van der Waals surface area contributed by atoms with E-state index in [0.717, 1.165) is 12.8 Å². The molecule has 8 nitrogen and oxygen atoms in total. The second-order valence-corrected chi connectivity index (χ2v) is 5.92. The van der Waals surface area contributed by atoms with Crippen LogP contribution in [0.15, 0.2) is 4.42 Å². The van der Waals surface area contributed by atoms with Gasteiger partial charge in [-0.2, -0.15) is 0 Å². The third-order valence-electron chi connectivity index (χ3n) is 4.00. The van der Waals surface area contributed by atoms with Crippen molar-refractivity contribution in [1.82, 2.24) is 15.5 Å². The number of nitrogens with one attached hydrogen (secondary N) is 1. The van der Waals surface area contributed by atoms with Crippen LogP contribution in [0.1, 0.15) is 19.8 Å². The molecule has 3 heterocycles. The number of carbonyl (C=O) groups excluding carboxylic acids is 1. The summed E-state index contributed by atoms with van der Waals surface area (Å²) in [7, 11) is 0. The zero-order chi connectivity index (χ0) is 17.3. The first kappa shape index (κ1) is 16.8. The Morgan fingerprint density at radius 2 is 1.79 bits per heavy atom. The minimum Gasteiger partial charge on any atom is -0.389 e. The number of aromatic nitrogens is 2. The smallest absolute Gasteiger partial charge is 0.389 e. The van der Waals surface area contributed by atoms with Crippen LogP contribution >= 0.6 is 0 Å². The second-order valence-electron chi connectivity index (χ2n) is 5.92. The number of amides is 1. The van der Waals surface area contributed by atoms with Gasteiger partial charge in [0, 0.05) is 26.1 Å². The molecule has 0 saturated carbocycles. The van der Waals surface area contributed by atoms with E-state index in [2.05, 4.69) is 20.3 Å². The van der Waals surface area contributed by atoms with E-state index in [9.17, 15) is 18.0 Å². The predicted molar refractivity (Wildman–Crippen MR) is 76.5 cm³/mol. The maximum Gasteiger partial charge on any atom is 0.522 e. The second kappa shape index (κ2) is 6.46. The lowest BCUT2D eigenvalue weighted by molar-refractivity contribution is -0.344. The van der Waals surface area contributed by atoms with E-state index in [1.54, 1.807) is 0 Å². The van der Waals surface area contributed by atoms with Crippen LogP contribution in [0.5, 0.6) is 0 Å². The highest BCUT2D eigenvalue weighted by atomic mass is 19.4. The number of piperidine rings is 1. The van der Waals surface area contributed by atoms with Gasteiger partial charge in [0.25, 0.3) is 0 Å². The molecule has 0 bridgehead atoms. The van der Waals surface area contributed by atoms with Gasteiger partial charge in [0.05, 0.1) is 13.1 Å². The summed E-state index contributed by atoms with van der Waals surface area (Å²) >= 11 is 0. The van der Waals surface area contributed by atoms with E-state index < -0.39 is 12.5 Å². The summed E-state index contributed by atoms with van der Waals surface area (Å²) in [6.07, 6.45) is -4.01. The van der Waals surface area contributed by atoms with Crippen molar-refractivity contribution in [1.29, 1.82) is 0 Å². The van der Waals surface area contributed by atoms with Gasteiger partial charge >= 0.3 is 18.4 Å². The van der Waals surface area contributed by atoms with Crippen LogP contribution < -0.4 is 15.1 Å². The highest BCUT2D eigenvalue weighted by molar-refractivity contribution is 5.73. The van der Waals surface area contributed by atoms with Crippen LogP contribution in [0, 0.1) is 0 Å². The number of nitrogens with zero attached hydrogens (tertiary/aromatic N) is 4. The maximum atomic E-state index is 12.1. The molecule has 3 rings (SSSR count). The molecule has 0 spiro atoms. The largest absolute Gasteiger partial charge is 0.522 e. The highest BCUT2D eigenvalue weighted by Crippen LogP contribution is 2.29. The Balaban J connectivity index is 1.48. The van der Waals surface area contributed by atoms with Crippen LogP contribution in [0.25, 0.3) is 0 Å². The van der Waals surface area contributed by atoms with Gasteiger partial charge in [0.2, 0.25) is 5.91 Å². The average molecular weight is 349 g/mol. The highest BCUT2D eigenvalue weighted by Gasteiger charge is 2.41. The first-order valence-corrected chi connectivity index (χ1v) is 7.65. The Labute approximate surface area is 135 Å². The van der Waals surface area contributed by atoms with Gasteiger partial charge in [-0.25, -0.2) is 0 Å². The van der Waals surface area contributed by atoms with E-state index >= 15 is 0 Å². The van der Waals surface area contributed by atoms with E-state index in [4.69, 9.17) is 4.42 Å². The molecule has 1 aromatic heterocycles. The molecule has 1 amide bonds. The number of rotatable bonds is 4. The zero-order valence-corrected chi connectivity index (χ0v) is 13.0. The van der Waals surface area contributed by atoms with E-state index in [1.165, 1.54) is 11.8 Å². The van der Waals surface area contributed by atoms with Gasteiger partial charge < -0.3 is 19.5 Å². The summed E-state index contributed by atoms with van der Waals surface area (Å²) in [5, 5.41) is 10.7. The van der Waals surface area contributed by atoms with E-state index in [0.29, 0.717) is 19.1 Å². The third kappa shape index (κ3) is 4.08. The molecule has 24 heavy (non-hydrogen) atoms. The monoisotopic (exact) mass is 349 g/mol. The molecule has 134 valence electrons. The lowest BCUT2D eigenvalue weighted by Crippen LogP contribution is -2.54. The maximum absolute atomic E-state index is 12.1. The lowest BCUT2D eigenvalue weighted by Gasteiger charge is -2.37. The SMILES string of the molecule is CC(=O)NC1CCN(c2nnc(N3CC(OC(F)(F)F)C3)o2)CC1. The van der Waals surface area contributed by atoms with Crippen molar-refractivity contribution in [3.63, 3.8) is 0 Å². The standard InChI is InChI=1S/C13H18F3N5O3/c1-8(22)17-9-2-4-20(5-3-9)11-18-19-12(23-11)21-6-10(7-21)24-13(14,15)16/h9-10H,2-7H2,1H3,(H,17,22). The minimum atomic E-state index is -4.63. The molecule has 1 N–H and O–H groups in total. The minimum absolute atomic E-state index is 0.0538. The molecular weight excluding hydrogens is 331 g/mol. The summed E-state index contributed by atoms with van der Waals surface area (Å²) < 4.78 is 45.7. The van der Waals surface area contributed by atoms with Crippen molar-refractivity contribution >= 4 is 17.9 Å². The van der Waals surface area contributed by atoms with Crippen LogP contribution in [0.4, 0.5) is 25.2 Å².